The molecule has 17 heavy (non-hydrogen) atoms. The van der Waals surface area contributed by atoms with E-state index in [1.54, 1.807) is 19.4 Å². The van der Waals surface area contributed by atoms with Crippen LogP contribution >= 0.6 is 0 Å². The molecule has 1 aromatic rings. The van der Waals surface area contributed by atoms with E-state index in [0.29, 0.717) is 5.88 Å². The molecule has 90 valence electrons. The van der Waals surface area contributed by atoms with Crippen molar-refractivity contribution in [3.8, 4) is 5.88 Å². The van der Waals surface area contributed by atoms with Gasteiger partial charge in [-0.3, -0.25) is 0 Å². The average Bonchev–Trinajstić information content (AvgIpc) is 2.27. The van der Waals surface area contributed by atoms with Crippen molar-refractivity contribution in [3.63, 3.8) is 0 Å². The number of aliphatic carboxylic acids is 1. The summed E-state index contributed by atoms with van der Waals surface area (Å²) < 4.78 is 5.09. The Kier molecular flexibility index (Phi) is 3.13. The molecule has 1 aliphatic rings. The fourth-order valence-corrected chi connectivity index (χ4v) is 2.17. The van der Waals surface area contributed by atoms with Crippen LogP contribution in [0.4, 0.5) is 0 Å². The molecule has 1 fully saturated rings. The Bertz CT molecular complexity index is 450. The van der Waals surface area contributed by atoms with Gasteiger partial charge in [0.2, 0.25) is 5.88 Å². The molecule has 0 spiro atoms. The number of carbonyl (C=O) groups is 1. The molecule has 0 bridgehead atoms. The normalized spacial score (nSPS) is 17.7. The van der Waals surface area contributed by atoms with Gasteiger partial charge in [-0.1, -0.05) is 12.5 Å². The third kappa shape index (κ3) is 2.30. The van der Waals surface area contributed by atoms with E-state index in [9.17, 15) is 4.79 Å². The lowest BCUT2D eigenvalue weighted by molar-refractivity contribution is -0.131. The van der Waals surface area contributed by atoms with E-state index in [2.05, 4.69) is 4.98 Å². The smallest absolute Gasteiger partial charge is 0.328 e. The first-order valence-electron chi connectivity index (χ1n) is 5.59. The van der Waals surface area contributed by atoms with Crippen LogP contribution in [0.3, 0.4) is 0 Å². The predicted molar refractivity (Wildman–Crippen MR) is 63.1 cm³/mol. The fraction of sp³-hybridized carbons (Fsp3) is 0.385. The molecule has 4 heteroatoms. The van der Waals surface area contributed by atoms with Crippen LogP contribution in [0.2, 0.25) is 0 Å². The fourth-order valence-electron chi connectivity index (χ4n) is 2.17. The summed E-state index contributed by atoms with van der Waals surface area (Å²) in [5.74, 6) is -0.338. The van der Waals surface area contributed by atoms with Gasteiger partial charge in [-0.2, -0.15) is 0 Å². The number of aromatic nitrogens is 1. The molecule has 0 atom stereocenters. The van der Waals surface area contributed by atoms with Crippen LogP contribution in [0.5, 0.6) is 5.88 Å². The van der Waals surface area contributed by atoms with Gasteiger partial charge in [0.1, 0.15) is 0 Å². The molecule has 1 aromatic heterocycles. The number of allylic oxidation sites excluding steroid dienone is 1. The average molecular weight is 233 g/mol. The molecular weight excluding hydrogens is 218 g/mol. The Balaban J connectivity index is 2.30. The molecule has 0 amide bonds. The number of ether oxygens (including phenoxy) is 1. The Morgan fingerprint density at radius 3 is 2.88 bits per heavy atom. The molecular formula is C13H15NO3. The minimum Gasteiger partial charge on any atom is -0.481 e. The molecule has 0 unspecified atom stereocenters. The number of methoxy groups -OCH3 is 1. The highest BCUT2D eigenvalue weighted by molar-refractivity contribution is 5.80. The van der Waals surface area contributed by atoms with E-state index in [0.717, 1.165) is 24.8 Å². The number of hydrogen-bond donors (Lipinski definition) is 1. The highest BCUT2D eigenvalue weighted by Gasteiger charge is 2.36. The Morgan fingerprint density at radius 2 is 2.35 bits per heavy atom. The monoisotopic (exact) mass is 233 g/mol. The second kappa shape index (κ2) is 4.57. The molecule has 0 saturated heterocycles. The van der Waals surface area contributed by atoms with Gasteiger partial charge in [-0.05, 0) is 24.5 Å². The second-order valence-electron chi connectivity index (χ2n) is 4.27. The molecule has 2 rings (SSSR count). The van der Waals surface area contributed by atoms with Crippen LogP contribution in [0, 0.1) is 0 Å². The van der Waals surface area contributed by atoms with Crippen LogP contribution < -0.4 is 4.74 Å². The summed E-state index contributed by atoms with van der Waals surface area (Å²) in [6.07, 6.45) is 7.78. The summed E-state index contributed by atoms with van der Waals surface area (Å²) in [6.45, 7) is 0. The lowest BCUT2D eigenvalue weighted by Crippen LogP contribution is -2.32. The number of hydrogen-bond acceptors (Lipinski definition) is 3. The van der Waals surface area contributed by atoms with Crippen molar-refractivity contribution < 1.29 is 14.6 Å². The predicted octanol–water partition coefficient (Wildman–Crippen LogP) is 2.15. The van der Waals surface area contributed by atoms with Crippen molar-refractivity contribution in [2.45, 2.75) is 24.7 Å². The van der Waals surface area contributed by atoms with E-state index in [-0.39, 0.29) is 5.41 Å². The highest BCUT2D eigenvalue weighted by Crippen LogP contribution is 2.45. The zero-order chi connectivity index (χ0) is 12.3. The molecule has 0 radical (unpaired) electrons. The van der Waals surface area contributed by atoms with Gasteiger partial charge >= 0.3 is 5.97 Å². The van der Waals surface area contributed by atoms with Crippen molar-refractivity contribution in [3.05, 3.63) is 36.0 Å². The molecule has 0 aromatic carbocycles. The van der Waals surface area contributed by atoms with Crippen molar-refractivity contribution in [2.75, 3.05) is 7.11 Å². The van der Waals surface area contributed by atoms with Gasteiger partial charge in [-0.15, -0.1) is 0 Å². The first-order valence-corrected chi connectivity index (χ1v) is 5.59. The molecule has 1 N–H and O–H groups in total. The molecule has 1 aliphatic carbocycles. The minimum absolute atomic E-state index is 0.144. The number of carboxylic acid groups (broad SMARTS) is 1. The van der Waals surface area contributed by atoms with Crippen molar-refractivity contribution in [1.82, 2.24) is 4.98 Å². The molecule has 4 nitrogen and oxygen atoms in total. The van der Waals surface area contributed by atoms with E-state index >= 15 is 0 Å². The maximum Gasteiger partial charge on any atom is 0.328 e. The lowest BCUT2D eigenvalue weighted by Gasteiger charge is -2.39. The van der Waals surface area contributed by atoms with E-state index < -0.39 is 5.97 Å². The van der Waals surface area contributed by atoms with Gasteiger partial charge in [0, 0.05) is 23.8 Å². The summed E-state index contributed by atoms with van der Waals surface area (Å²) in [5, 5.41) is 8.72. The summed E-state index contributed by atoms with van der Waals surface area (Å²) in [6, 6.07) is 3.80. The molecule has 1 heterocycles. The second-order valence-corrected chi connectivity index (χ2v) is 4.27. The van der Waals surface area contributed by atoms with E-state index in [1.807, 2.05) is 12.1 Å². The highest BCUT2D eigenvalue weighted by atomic mass is 16.5. The summed E-state index contributed by atoms with van der Waals surface area (Å²) in [4.78, 5) is 14.7. The van der Waals surface area contributed by atoms with Crippen LogP contribution in [0.25, 0.3) is 0 Å². The summed E-state index contributed by atoms with van der Waals surface area (Å²) in [5.41, 5.74) is 0.933. The first kappa shape index (κ1) is 11.6. The Labute approximate surface area is 99.9 Å². The van der Waals surface area contributed by atoms with Gasteiger partial charge < -0.3 is 9.84 Å². The minimum atomic E-state index is -0.905. The van der Waals surface area contributed by atoms with Crippen molar-refractivity contribution in [2.24, 2.45) is 0 Å². The van der Waals surface area contributed by atoms with Crippen molar-refractivity contribution in [1.29, 1.82) is 0 Å². The lowest BCUT2D eigenvalue weighted by atomic mass is 9.64. The standard InChI is InChI=1S/C13H15NO3/c1-17-11-9-10(4-8-14-11)13(5-2-6-13)7-3-12(15)16/h3-4,7-9H,2,5-6H2,1H3,(H,15,16)/b7-3+. The maximum atomic E-state index is 10.6. The number of nitrogens with zero attached hydrogens (tertiary/aromatic N) is 1. The van der Waals surface area contributed by atoms with E-state index in [1.165, 1.54) is 6.08 Å². The zero-order valence-corrected chi connectivity index (χ0v) is 9.72. The zero-order valence-electron chi connectivity index (χ0n) is 9.72. The number of pyridine rings is 1. The van der Waals surface area contributed by atoms with Gasteiger partial charge in [-0.25, -0.2) is 9.78 Å². The summed E-state index contributed by atoms with van der Waals surface area (Å²) >= 11 is 0. The van der Waals surface area contributed by atoms with Crippen LogP contribution in [0.15, 0.2) is 30.5 Å². The third-order valence-corrected chi connectivity index (χ3v) is 3.31. The quantitative estimate of drug-likeness (QED) is 0.809. The largest absolute Gasteiger partial charge is 0.481 e. The van der Waals surface area contributed by atoms with Crippen molar-refractivity contribution >= 4 is 5.97 Å². The molecule has 1 saturated carbocycles. The van der Waals surface area contributed by atoms with E-state index in [4.69, 9.17) is 9.84 Å². The van der Waals surface area contributed by atoms with Crippen LogP contribution in [0.1, 0.15) is 24.8 Å². The number of rotatable bonds is 4. The third-order valence-electron chi connectivity index (χ3n) is 3.31. The Morgan fingerprint density at radius 1 is 1.59 bits per heavy atom. The molecule has 0 aliphatic heterocycles. The summed E-state index contributed by atoms with van der Waals surface area (Å²) in [7, 11) is 1.58. The van der Waals surface area contributed by atoms with Gasteiger partial charge in [0.15, 0.2) is 0 Å². The SMILES string of the molecule is COc1cc(C2(/C=C/C(=O)O)CCC2)ccn1. The van der Waals surface area contributed by atoms with Crippen LogP contribution in [-0.2, 0) is 10.2 Å². The Hall–Kier alpha value is -1.84. The van der Waals surface area contributed by atoms with Gasteiger partial charge in [0.05, 0.1) is 7.11 Å². The van der Waals surface area contributed by atoms with Crippen LogP contribution in [-0.4, -0.2) is 23.2 Å². The first-order chi connectivity index (χ1) is 8.16. The maximum absolute atomic E-state index is 10.6. The topological polar surface area (TPSA) is 59.4 Å². The number of carboxylic acids is 1. The van der Waals surface area contributed by atoms with Gasteiger partial charge in [0.25, 0.3) is 0 Å².